The summed E-state index contributed by atoms with van der Waals surface area (Å²) in [5.41, 5.74) is 12.0. The molecule has 0 atom stereocenters. The lowest BCUT2D eigenvalue weighted by molar-refractivity contribution is 0.953. The van der Waals surface area contributed by atoms with Crippen molar-refractivity contribution in [3.63, 3.8) is 0 Å². The minimum absolute atomic E-state index is 0.558. The van der Waals surface area contributed by atoms with Crippen LogP contribution in [0.4, 0.5) is 0 Å². The molecule has 318 valence electrons. The van der Waals surface area contributed by atoms with Crippen LogP contribution >= 0.6 is 0 Å². The van der Waals surface area contributed by atoms with Crippen molar-refractivity contribution in [1.29, 1.82) is 0 Å². The summed E-state index contributed by atoms with van der Waals surface area (Å²) < 4.78 is 4.55. The van der Waals surface area contributed by atoms with Crippen molar-refractivity contribution in [2.45, 2.75) is 0 Å². The maximum Gasteiger partial charge on any atom is 0.238 e. The van der Waals surface area contributed by atoms with Crippen LogP contribution in [0.1, 0.15) is 0 Å². The molecule has 0 saturated carbocycles. The van der Waals surface area contributed by atoms with E-state index in [1.807, 2.05) is 103 Å². The molecular weight excluding hydrogens is 833 g/mol. The van der Waals surface area contributed by atoms with E-state index in [-0.39, 0.29) is 0 Å². The van der Waals surface area contributed by atoms with E-state index in [9.17, 15) is 0 Å². The fraction of sp³-hybridized carbons (Fsp3) is 0. The van der Waals surface area contributed by atoms with Crippen LogP contribution < -0.4 is 0 Å². The Morgan fingerprint density at radius 2 is 0.603 bits per heavy atom. The van der Waals surface area contributed by atoms with Crippen molar-refractivity contribution in [1.82, 2.24) is 39.0 Å². The maximum atomic E-state index is 5.18. The van der Waals surface area contributed by atoms with Gasteiger partial charge in [-0.15, -0.1) is 0 Å². The van der Waals surface area contributed by atoms with Gasteiger partial charge in [0.25, 0.3) is 0 Å². The fourth-order valence-electron chi connectivity index (χ4n) is 9.56. The third kappa shape index (κ3) is 6.62. The van der Waals surface area contributed by atoms with Gasteiger partial charge in [0.2, 0.25) is 5.95 Å². The molecule has 68 heavy (non-hydrogen) atoms. The van der Waals surface area contributed by atoms with Crippen molar-refractivity contribution >= 4 is 43.6 Å². The molecule has 13 rings (SSSR count). The van der Waals surface area contributed by atoms with E-state index >= 15 is 0 Å². The topological polar surface area (TPSA) is 87.2 Å². The highest BCUT2D eigenvalue weighted by Crippen LogP contribution is 2.42. The second-order valence-electron chi connectivity index (χ2n) is 16.7. The zero-order valence-electron chi connectivity index (χ0n) is 36.5. The van der Waals surface area contributed by atoms with Crippen LogP contribution in [0.5, 0.6) is 0 Å². The van der Waals surface area contributed by atoms with Gasteiger partial charge in [0.15, 0.2) is 29.1 Å². The Morgan fingerprint density at radius 1 is 0.235 bits per heavy atom. The first kappa shape index (κ1) is 39.0. The van der Waals surface area contributed by atoms with E-state index in [4.69, 9.17) is 29.9 Å². The maximum absolute atomic E-state index is 5.18. The monoisotopic (exact) mass is 870 g/mol. The highest BCUT2D eigenvalue weighted by Gasteiger charge is 2.23. The normalized spacial score (nSPS) is 11.5. The van der Waals surface area contributed by atoms with Crippen LogP contribution in [0.25, 0.3) is 123 Å². The minimum Gasteiger partial charge on any atom is -0.309 e. The van der Waals surface area contributed by atoms with Crippen LogP contribution in [0.2, 0.25) is 0 Å². The lowest BCUT2D eigenvalue weighted by atomic mass is 9.99. The van der Waals surface area contributed by atoms with Crippen LogP contribution in [0.3, 0.4) is 0 Å². The molecule has 8 heteroatoms. The number of fused-ring (bicyclic) bond motifs is 7. The molecule has 0 spiro atoms. The van der Waals surface area contributed by atoms with Gasteiger partial charge in [0.1, 0.15) is 0 Å². The summed E-state index contributed by atoms with van der Waals surface area (Å²) >= 11 is 0. The quantitative estimate of drug-likeness (QED) is 0.151. The molecule has 0 unspecified atom stereocenters. The molecule has 0 fully saturated rings. The number of hydrogen-bond acceptors (Lipinski definition) is 6. The number of hydrogen-bond donors (Lipinski definition) is 0. The molecule has 4 heterocycles. The molecule has 4 aromatic heterocycles. The van der Waals surface area contributed by atoms with Crippen molar-refractivity contribution < 1.29 is 0 Å². The zero-order valence-corrected chi connectivity index (χ0v) is 36.5. The van der Waals surface area contributed by atoms with E-state index in [0.29, 0.717) is 35.1 Å². The largest absolute Gasteiger partial charge is 0.309 e. The smallest absolute Gasteiger partial charge is 0.238 e. The third-order valence-electron chi connectivity index (χ3n) is 12.7. The molecule has 0 aliphatic carbocycles. The molecule has 0 aliphatic rings. The molecule has 0 bridgehead atoms. The summed E-state index contributed by atoms with van der Waals surface area (Å²) in [6.07, 6.45) is 0. The minimum atomic E-state index is 0.558. The predicted molar refractivity (Wildman–Crippen MR) is 275 cm³/mol. The summed E-state index contributed by atoms with van der Waals surface area (Å²) in [5, 5.41) is 4.55. The molecule has 0 aliphatic heterocycles. The van der Waals surface area contributed by atoms with Gasteiger partial charge < -0.3 is 4.57 Å². The van der Waals surface area contributed by atoms with Gasteiger partial charge in [-0.25, -0.2) is 19.9 Å². The lowest BCUT2D eigenvalue weighted by Crippen LogP contribution is -2.06. The second-order valence-corrected chi connectivity index (χ2v) is 16.7. The number of nitrogens with zero attached hydrogens (tertiary/aromatic N) is 8. The molecule has 0 saturated heterocycles. The first-order valence-electron chi connectivity index (χ1n) is 22.6. The Kier molecular flexibility index (Phi) is 9.31. The SMILES string of the molecule is c1ccc(-c2nc(-c3ccc(-n4c5ccccc5c5c6c7ccccc7n(-c7nc(-c8ccccc8)nc(-c8ccccc8)n7)c6ccc54)cc3)nc(-c3ccccc3-c3ccccc3)n2)cc1. The van der Waals surface area contributed by atoms with Crippen molar-refractivity contribution in [3.05, 3.63) is 231 Å². The highest BCUT2D eigenvalue weighted by molar-refractivity contribution is 6.28. The van der Waals surface area contributed by atoms with E-state index < -0.39 is 0 Å². The van der Waals surface area contributed by atoms with E-state index in [1.54, 1.807) is 0 Å². The standard InChI is InChI=1S/C60H38N8/c1-5-19-39(20-6-1)45-27-13-14-28-46(45)59-63-55(40-21-7-2-8-22-40)61-56(64-59)43-33-35-44(36-34-43)67-49-31-17-15-29-47(49)53-51(67)37-38-52-54(53)48-30-16-18-32-50(48)68(52)60-65-57(41-23-9-3-10-24-41)62-58(66-60)42-25-11-4-12-26-42/h1-38H. The second kappa shape index (κ2) is 16.2. The number of rotatable bonds is 8. The first-order valence-corrected chi connectivity index (χ1v) is 22.6. The summed E-state index contributed by atoms with van der Waals surface area (Å²) in [5.74, 6) is 3.62. The highest BCUT2D eigenvalue weighted by atomic mass is 15.2. The van der Waals surface area contributed by atoms with E-state index in [1.165, 1.54) is 0 Å². The average Bonchev–Trinajstić information content (AvgIpc) is 3.94. The van der Waals surface area contributed by atoms with E-state index in [2.05, 4.69) is 137 Å². The zero-order chi connectivity index (χ0) is 45.0. The summed E-state index contributed by atoms with van der Waals surface area (Å²) in [4.78, 5) is 30.7. The fourth-order valence-corrected chi connectivity index (χ4v) is 9.56. The van der Waals surface area contributed by atoms with Crippen LogP contribution in [0.15, 0.2) is 231 Å². The molecule has 9 aromatic carbocycles. The van der Waals surface area contributed by atoms with Gasteiger partial charge in [-0.05, 0) is 59.7 Å². The van der Waals surface area contributed by atoms with Crippen LogP contribution in [-0.2, 0) is 0 Å². The summed E-state index contributed by atoms with van der Waals surface area (Å²) in [6, 6.07) is 79.2. The molecular formula is C60H38N8. The number of para-hydroxylation sites is 2. The van der Waals surface area contributed by atoms with Crippen molar-refractivity contribution in [3.8, 4) is 79.7 Å². The Labute approximate surface area is 391 Å². The molecule has 8 nitrogen and oxygen atoms in total. The Morgan fingerprint density at radius 3 is 1.12 bits per heavy atom. The Hall–Kier alpha value is -9.40. The van der Waals surface area contributed by atoms with Crippen LogP contribution in [-0.4, -0.2) is 39.0 Å². The number of aromatic nitrogens is 8. The van der Waals surface area contributed by atoms with Gasteiger partial charge in [-0.3, -0.25) is 4.57 Å². The lowest BCUT2D eigenvalue weighted by Gasteiger charge is -2.13. The molecule has 0 radical (unpaired) electrons. The van der Waals surface area contributed by atoms with Gasteiger partial charge in [-0.1, -0.05) is 182 Å². The van der Waals surface area contributed by atoms with Crippen molar-refractivity contribution in [2.75, 3.05) is 0 Å². The first-order chi connectivity index (χ1) is 33.7. The predicted octanol–water partition coefficient (Wildman–Crippen LogP) is 14.3. The van der Waals surface area contributed by atoms with E-state index in [0.717, 1.165) is 88.2 Å². The van der Waals surface area contributed by atoms with Gasteiger partial charge in [0, 0.05) is 55.0 Å². The van der Waals surface area contributed by atoms with Gasteiger partial charge >= 0.3 is 0 Å². The van der Waals surface area contributed by atoms with Gasteiger partial charge in [-0.2, -0.15) is 9.97 Å². The summed E-state index contributed by atoms with van der Waals surface area (Å²) in [6.45, 7) is 0. The average molecular weight is 871 g/mol. The van der Waals surface area contributed by atoms with Gasteiger partial charge in [0.05, 0.1) is 22.1 Å². The Bertz CT molecular complexity index is 3940. The molecule has 0 N–H and O–H groups in total. The van der Waals surface area contributed by atoms with Crippen LogP contribution in [0, 0.1) is 0 Å². The third-order valence-corrected chi connectivity index (χ3v) is 12.7. The molecule has 0 amide bonds. The van der Waals surface area contributed by atoms with Crippen molar-refractivity contribution in [2.24, 2.45) is 0 Å². The Balaban J connectivity index is 0.978. The molecule has 13 aromatic rings. The number of benzene rings is 9. The summed E-state index contributed by atoms with van der Waals surface area (Å²) in [7, 11) is 0.